The molecule has 1 aliphatic carbocycles. The van der Waals surface area contributed by atoms with Crippen LogP contribution in [0.5, 0.6) is 5.75 Å². The van der Waals surface area contributed by atoms with Gasteiger partial charge in [0.15, 0.2) is 4.34 Å². The second-order valence-corrected chi connectivity index (χ2v) is 14.0. The van der Waals surface area contributed by atoms with Crippen molar-refractivity contribution in [2.24, 2.45) is 5.73 Å². The van der Waals surface area contributed by atoms with Crippen molar-refractivity contribution in [3.05, 3.63) is 68.5 Å². The van der Waals surface area contributed by atoms with Crippen molar-refractivity contribution in [1.29, 1.82) is 0 Å². The van der Waals surface area contributed by atoms with Crippen LogP contribution in [0.25, 0.3) is 0 Å². The van der Waals surface area contributed by atoms with Gasteiger partial charge in [0.05, 0.1) is 6.20 Å². The van der Waals surface area contributed by atoms with Crippen molar-refractivity contribution < 1.29 is 29.4 Å². The first-order chi connectivity index (χ1) is 21.5. The SMILES string of the molecule is Cc1nnc(SCC2=C(C(=O)O)N3C(=O)C(NC(=O)C(c4ccc(O)cc4)N(C(N)=O)c4cnc(C5CC5)[nH]c4=O)[C@@H]3SC2)s1. The Balaban J connectivity index is 1.27. The van der Waals surface area contributed by atoms with E-state index in [9.17, 15) is 34.2 Å². The quantitative estimate of drug-likeness (QED) is 0.153. The number of carboxylic acids is 1. The molecule has 2 aliphatic heterocycles. The van der Waals surface area contributed by atoms with Crippen molar-refractivity contribution in [3.8, 4) is 5.75 Å². The fourth-order valence-corrected chi connectivity index (χ4v) is 8.41. The summed E-state index contributed by atoms with van der Waals surface area (Å²) in [5, 5.41) is 30.6. The molecule has 0 radical (unpaired) electrons. The number of rotatable bonds is 10. The van der Waals surface area contributed by atoms with Crippen LogP contribution in [0.15, 0.2) is 50.9 Å². The van der Waals surface area contributed by atoms with Gasteiger partial charge in [-0.2, -0.15) is 0 Å². The van der Waals surface area contributed by atoms with Gasteiger partial charge in [0.25, 0.3) is 11.5 Å². The van der Waals surface area contributed by atoms with Gasteiger partial charge in [-0.15, -0.1) is 22.0 Å². The van der Waals surface area contributed by atoms with Crippen LogP contribution in [0.2, 0.25) is 0 Å². The van der Waals surface area contributed by atoms with E-state index in [0.717, 1.165) is 27.6 Å². The first-order valence-electron chi connectivity index (χ1n) is 13.6. The number of nitrogens with two attached hydrogens (primary N) is 1. The van der Waals surface area contributed by atoms with E-state index in [1.165, 1.54) is 65.3 Å². The molecule has 1 saturated carbocycles. The number of primary amides is 1. The maximum absolute atomic E-state index is 13.9. The van der Waals surface area contributed by atoms with Crippen LogP contribution < -0.4 is 21.5 Å². The highest BCUT2D eigenvalue weighted by molar-refractivity contribution is 8.01. The molecule has 3 aromatic rings. The first kappa shape index (κ1) is 30.6. The number of hydrogen-bond donors (Lipinski definition) is 5. The number of anilines is 1. The number of aromatic hydroxyl groups is 1. The van der Waals surface area contributed by atoms with Crippen LogP contribution in [-0.4, -0.2) is 82.0 Å². The van der Waals surface area contributed by atoms with Crippen LogP contribution >= 0.6 is 34.9 Å². The number of nitrogens with zero attached hydrogens (tertiary/aromatic N) is 5. The molecule has 3 aliphatic rings. The van der Waals surface area contributed by atoms with E-state index in [4.69, 9.17) is 5.73 Å². The summed E-state index contributed by atoms with van der Waals surface area (Å²) in [6.45, 7) is 1.81. The third kappa shape index (κ3) is 5.99. The lowest BCUT2D eigenvalue weighted by molar-refractivity contribution is -0.150. The van der Waals surface area contributed by atoms with E-state index in [-0.39, 0.29) is 40.1 Å². The van der Waals surface area contributed by atoms with Gasteiger partial charge in [0.1, 0.15) is 45.4 Å². The lowest BCUT2D eigenvalue weighted by Gasteiger charge is -2.49. The number of fused-ring (bicyclic) bond motifs is 1. The van der Waals surface area contributed by atoms with Crippen molar-refractivity contribution in [2.45, 2.75) is 47.5 Å². The van der Waals surface area contributed by atoms with Gasteiger partial charge < -0.3 is 26.2 Å². The Morgan fingerprint density at radius 1 is 1.22 bits per heavy atom. The van der Waals surface area contributed by atoms with E-state index >= 15 is 0 Å². The van der Waals surface area contributed by atoms with E-state index < -0.39 is 46.8 Å². The smallest absolute Gasteiger partial charge is 0.352 e. The molecule has 15 nitrogen and oxygen atoms in total. The second kappa shape index (κ2) is 12.2. The molecule has 234 valence electrons. The Kier molecular flexibility index (Phi) is 8.27. The molecule has 45 heavy (non-hydrogen) atoms. The zero-order chi connectivity index (χ0) is 32.0. The lowest BCUT2D eigenvalue weighted by atomic mass is 10.00. The molecule has 3 atom stereocenters. The Bertz CT molecular complexity index is 1790. The first-order valence-corrected chi connectivity index (χ1v) is 16.5. The van der Waals surface area contributed by atoms with Gasteiger partial charge in [-0.3, -0.25) is 24.2 Å². The van der Waals surface area contributed by atoms with Crippen LogP contribution in [0.3, 0.4) is 0 Å². The molecule has 1 aromatic carbocycles. The Morgan fingerprint density at radius 2 is 1.96 bits per heavy atom. The molecule has 2 fully saturated rings. The van der Waals surface area contributed by atoms with E-state index in [2.05, 4.69) is 25.5 Å². The van der Waals surface area contributed by atoms with Crippen molar-refractivity contribution >= 4 is 64.4 Å². The summed E-state index contributed by atoms with van der Waals surface area (Å²) in [6, 6.07) is 1.57. The number of β-lactam (4-membered cyclic amide) rings is 1. The number of H-pyrrole nitrogens is 1. The largest absolute Gasteiger partial charge is 0.508 e. The molecule has 2 aromatic heterocycles. The monoisotopic (exact) mass is 670 g/mol. The molecule has 0 bridgehead atoms. The van der Waals surface area contributed by atoms with Gasteiger partial charge in [0, 0.05) is 17.4 Å². The number of aromatic nitrogens is 4. The average molecular weight is 671 g/mol. The summed E-state index contributed by atoms with van der Waals surface area (Å²) in [5.41, 5.74) is 5.33. The van der Waals surface area contributed by atoms with Crippen molar-refractivity contribution in [1.82, 2.24) is 30.4 Å². The van der Waals surface area contributed by atoms with Crippen LogP contribution in [0, 0.1) is 6.92 Å². The molecule has 6 rings (SSSR count). The maximum Gasteiger partial charge on any atom is 0.352 e. The molecule has 6 N–H and O–H groups in total. The van der Waals surface area contributed by atoms with Gasteiger partial charge in [-0.05, 0) is 43.0 Å². The predicted molar refractivity (Wildman–Crippen MR) is 165 cm³/mol. The highest BCUT2D eigenvalue weighted by Crippen LogP contribution is 2.42. The number of aromatic amines is 1. The minimum absolute atomic E-state index is 0.108. The molecule has 4 heterocycles. The van der Waals surface area contributed by atoms with Crippen molar-refractivity contribution in [2.75, 3.05) is 16.4 Å². The van der Waals surface area contributed by atoms with Gasteiger partial charge in [0.2, 0.25) is 5.91 Å². The van der Waals surface area contributed by atoms with Gasteiger partial charge >= 0.3 is 12.0 Å². The third-order valence-corrected chi connectivity index (χ3v) is 10.8. The molecule has 1 saturated heterocycles. The highest BCUT2D eigenvalue weighted by Gasteiger charge is 2.55. The summed E-state index contributed by atoms with van der Waals surface area (Å²) in [5.74, 6) is -1.72. The number of aryl methyl sites for hydroxylation is 1. The summed E-state index contributed by atoms with van der Waals surface area (Å²) < 4.78 is 0.674. The van der Waals surface area contributed by atoms with Crippen LogP contribution in [0.4, 0.5) is 10.5 Å². The number of amides is 4. The number of carboxylic acid groups (broad SMARTS) is 1. The number of urea groups is 1. The predicted octanol–water partition coefficient (Wildman–Crippen LogP) is 1.67. The van der Waals surface area contributed by atoms with Crippen LogP contribution in [-0.2, 0) is 14.4 Å². The van der Waals surface area contributed by atoms with Crippen molar-refractivity contribution in [3.63, 3.8) is 0 Å². The molecular weight excluding hydrogens is 645 g/mol. The number of benzene rings is 1. The van der Waals surface area contributed by atoms with E-state index in [1.807, 2.05) is 6.92 Å². The maximum atomic E-state index is 13.9. The third-order valence-electron chi connectivity index (χ3n) is 7.40. The molecule has 2 unspecified atom stereocenters. The normalized spacial score (nSPS) is 19.8. The molecule has 0 spiro atoms. The molecule has 18 heteroatoms. The number of nitrogens with one attached hydrogen (secondary N) is 2. The number of phenols is 1. The standard InChI is InChI=1S/C27H26N8O7S3/c1-11-32-33-27(45-11)44-10-14-9-43-24-17(23(39)35(24)19(14)25(40)41)30-22(38)18(12-4-6-15(36)7-5-12)34(26(28)42)16-8-29-20(13-2-3-13)31-21(16)37/h4-8,13,17-18,24,36H,2-3,9-10H2,1H3,(H2,28,42)(H,30,38)(H,40,41)(H,29,31,37)/t17?,18?,24-/m0/s1. The van der Waals surface area contributed by atoms with Crippen LogP contribution in [0.1, 0.15) is 41.2 Å². The fraction of sp³-hybridized carbons (Fsp3) is 0.333. The van der Waals surface area contributed by atoms with Gasteiger partial charge in [-0.25, -0.2) is 14.6 Å². The summed E-state index contributed by atoms with van der Waals surface area (Å²) in [6.07, 6.45) is 2.92. The fourth-order valence-electron chi connectivity index (χ4n) is 5.11. The summed E-state index contributed by atoms with van der Waals surface area (Å²) in [4.78, 5) is 74.4. The molecule has 4 amide bonds. The number of thioether (sulfide) groups is 2. The van der Waals surface area contributed by atoms with E-state index in [1.54, 1.807) is 0 Å². The minimum atomic E-state index is -1.54. The Labute approximate surface area is 267 Å². The number of carbonyl (C=O) groups is 4. The zero-order valence-corrected chi connectivity index (χ0v) is 25.9. The highest BCUT2D eigenvalue weighted by atomic mass is 32.2. The zero-order valence-electron chi connectivity index (χ0n) is 23.5. The van der Waals surface area contributed by atoms with E-state index in [0.29, 0.717) is 15.7 Å². The number of aliphatic carboxylic acids is 1. The second-order valence-electron chi connectivity index (χ2n) is 10.5. The number of phenolic OH excluding ortho intramolecular Hbond substituents is 1. The Hall–Kier alpha value is -4.42. The average Bonchev–Trinajstić information content (AvgIpc) is 3.78. The van der Waals surface area contributed by atoms with Gasteiger partial charge in [-0.1, -0.05) is 35.2 Å². The summed E-state index contributed by atoms with van der Waals surface area (Å²) in [7, 11) is 0. The number of hydrogen-bond acceptors (Lipinski definition) is 12. The topological polar surface area (TPSA) is 225 Å². The molecular formula is C27H26N8O7S3. The Morgan fingerprint density at radius 3 is 2.56 bits per heavy atom. The lowest BCUT2D eigenvalue weighted by Crippen LogP contribution is -2.71. The summed E-state index contributed by atoms with van der Waals surface area (Å²) >= 11 is 3.99. The minimum Gasteiger partial charge on any atom is -0.508 e. The number of carbonyl (C=O) groups excluding carboxylic acids is 3.